The fraction of sp³-hybridized carbons (Fsp3) is 0.304. The zero-order chi connectivity index (χ0) is 23.1. The van der Waals surface area contributed by atoms with Crippen LogP contribution >= 0.6 is 0 Å². The van der Waals surface area contributed by atoms with E-state index in [9.17, 15) is 22.0 Å². The third-order valence-electron chi connectivity index (χ3n) is 5.70. The molecule has 0 aliphatic carbocycles. The minimum absolute atomic E-state index is 0.174. The van der Waals surface area contributed by atoms with E-state index in [-0.39, 0.29) is 11.1 Å². The van der Waals surface area contributed by atoms with Crippen LogP contribution in [-0.2, 0) is 6.04 Å². The van der Waals surface area contributed by atoms with Crippen molar-refractivity contribution in [3.8, 4) is 5.75 Å². The van der Waals surface area contributed by atoms with Crippen molar-refractivity contribution in [2.75, 3.05) is 0 Å². The first-order valence-electron chi connectivity index (χ1n) is 9.80. The first-order valence-corrected chi connectivity index (χ1v) is 12.1. The van der Waals surface area contributed by atoms with Crippen LogP contribution in [-0.4, -0.2) is 8.32 Å². The zero-order valence-corrected chi connectivity index (χ0v) is 18.4. The van der Waals surface area contributed by atoms with Gasteiger partial charge in [-0.25, -0.2) is 22.0 Å². The van der Waals surface area contributed by atoms with E-state index in [1.807, 2.05) is 58.0 Å². The van der Waals surface area contributed by atoms with Gasteiger partial charge in [-0.3, -0.25) is 0 Å². The van der Waals surface area contributed by atoms with E-state index in [2.05, 4.69) is 0 Å². The van der Waals surface area contributed by atoms with Gasteiger partial charge in [0.1, 0.15) is 5.82 Å². The summed E-state index contributed by atoms with van der Waals surface area (Å²) in [6.07, 6.45) is 0. The van der Waals surface area contributed by atoms with Gasteiger partial charge in [0.2, 0.25) is 5.82 Å². The lowest BCUT2D eigenvalue weighted by Crippen LogP contribution is -2.51. The van der Waals surface area contributed by atoms with Crippen molar-refractivity contribution in [3.63, 3.8) is 0 Å². The molecular weight excluding hydrogens is 434 g/mol. The number of halogens is 6. The van der Waals surface area contributed by atoms with Gasteiger partial charge >= 0.3 is 0 Å². The largest absolute Gasteiger partial charge is 0.539 e. The van der Waals surface area contributed by atoms with Crippen LogP contribution in [0, 0.1) is 41.0 Å². The van der Waals surface area contributed by atoms with Crippen LogP contribution in [0.25, 0.3) is 10.8 Å². The maximum absolute atomic E-state index is 15.2. The van der Waals surface area contributed by atoms with Crippen LogP contribution in [0.2, 0.25) is 11.1 Å². The summed E-state index contributed by atoms with van der Waals surface area (Å²) in [6, 6.07) is 10.9. The number of hydrogen-bond acceptors (Lipinski definition) is 1. The molecule has 0 atom stereocenters. The molecule has 0 saturated heterocycles. The molecule has 3 rings (SSSR count). The van der Waals surface area contributed by atoms with E-state index >= 15 is 4.39 Å². The van der Waals surface area contributed by atoms with Crippen LogP contribution in [0.15, 0.2) is 30.3 Å². The Morgan fingerprint density at radius 1 is 0.742 bits per heavy atom. The average Bonchev–Trinajstić information content (AvgIpc) is 2.71. The predicted molar refractivity (Wildman–Crippen MR) is 109 cm³/mol. The third-order valence-corrected chi connectivity index (χ3v) is 11.2. The van der Waals surface area contributed by atoms with Crippen LogP contribution < -0.4 is 4.43 Å². The highest BCUT2D eigenvalue weighted by Gasteiger charge is 2.46. The van der Waals surface area contributed by atoms with Gasteiger partial charge < -0.3 is 4.43 Å². The SMILES string of the molecule is CC(C)[Si](Cc1ccccc1)(Oc1c(F)c(F)c2c(F)c(F)[c]c(F)c2c1F)C(C)C. The highest BCUT2D eigenvalue weighted by atomic mass is 28.4. The summed E-state index contributed by atoms with van der Waals surface area (Å²) in [7, 11) is -3.09. The Hall–Kier alpha value is -2.48. The molecule has 3 aromatic rings. The first kappa shape index (κ1) is 23.2. The molecule has 3 aromatic carbocycles. The van der Waals surface area contributed by atoms with E-state index in [1.54, 1.807) is 0 Å². The fourth-order valence-electron chi connectivity index (χ4n) is 3.92. The molecule has 0 unspecified atom stereocenters. The third kappa shape index (κ3) is 3.93. The molecule has 0 spiro atoms. The number of fused-ring (bicyclic) bond motifs is 1. The summed E-state index contributed by atoms with van der Waals surface area (Å²) in [5.74, 6) is -11.9. The Bertz CT molecular complexity index is 1110. The molecule has 0 N–H and O–H groups in total. The van der Waals surface area contributed by atoms with Crippen LogP contribution in [0.4, 0.5) is 26.3 Å². The second-order valence-corrected chi connectivity index (χ2v) is 12.9. The molecule has 1 nitrogen and oxygen atoms in total. The number of benzene rings is 3. The van der Waals surface area contributed by atoms with E-state index in [0.717, 1.165) is 5.56 Å². The fourth-order valence-corrected chi connectivity index (χ4v) is 8.04. The molecule has 0 saturated carbocycles. The first-order chi connectivity index (χ1) is 14.5. The van der Waals surface area contributed by atoms with E-state index in [1.165, 1.54) is 6.07 Å². The Kier molecular flexibility index (Phi) is 6.41. The molecule has 0 heterocycles. The van der Waals surface area contributed by atoms with Gasteiger partial charge in [-0.05, 0) is 16.6 Å². The maximum Gasteiger partial charge on any atom is 0.260 e. The maximum atomic E-state index is 15.2. The molecule has 0 amide bonds. The van der Waals surface area contributed by atoms with Crippen molar-refractivity contribution in [1.82, 2.24) is 0 Å². The van der Waals surface area contributed by atoms with E-state index in [4.69, 9.17) is 4.43 Å². The Balaban J connectivity index is 2.26. The molecular formula is C23H21F6OSi. The Morgan fingerprint density at radius 2 is 1.32 bits per heavy atom. The standard InChI is InChI=1S/C23H21F6OSi/c1-12(2)31(13(3)4,11-14-8-6-5-7-9-14)30-23-21(28)17-15(24)10-16(25)19(26)18(17)20(27)22(23)29/h5-9,12-13H,11H2,1-4H3. The summed E-state index contributed by atoms with van der Waals surface area (Å²) in [5, 5.41) is -2.68. The molecule has 0 aliphatic rings. The highest BCUT2D eigenvalue weighted by molar-refractivity contribution is 6.76. The monoisotopic (exact) mass is 455 g/mol. The van der Waals surface area contributed by atoms with Crippen LogP contribution in [0.1, 0.15) is 33.3 Å². The molecule has 0 bridgehead atoms. The summed E-state index contributed by atoms with van der Waals surface area (Å²) in [6.45, 7) is 7.36. The molecule has 0 fully saturated rings. The van der Waals surface area contributed by atoms with Crippen molar-refractivity contribution in [2.24, 2.45) is 0 Å². The van der Waals surface area contributed by atoms with E-state index in [0.29, 0.717) is 6.04 Å². The van der Waals surface area contributed by atoms with Crippen molar-refractivity contribution in [1.29, 1.82) is 0 Å². The van der Waals surface area contributed by atoms with Crippen molar-refractivity contribution < 1.29 is 30.8 Å². The smallest absolute Gasteiger partial charge is 0.260 e. The molecule has 165 valence electrons. The lowest BCUT2D eigenvalue weighted by molar-refractivity contribution is 0.402. The molecule has 1 radical (unpaired) electrons. The zero-order valence-electron chi connectivity index (χ0n) is 17.4. The molecule has 0 aromatic heterocycles. The van der Waals surface area contributed by atoms with Gasteiger partial charge in [0.15, 0.2) is 29.0 Å². The van der Waals surface area contributed by atoms with Gasteiger partial charge in [-0.1, -0.05) is 58.0 Å². The highest BCUT2D eigenvalue weighted by Crippen LogP contribution is 2.42. The molecule has 0 aliphatic heterocycles. The molecule has 31 heavy (non-hydrogen) atoms. The normalized spacial score (nSPS) is 12.3. The Morgan fingerprint density at radius 3 is 1.87 bits per heavy atom. The Labute approximate surface area is 177 Å². The quantitative estimate of drug-likeness (QED) is 0.214. The molecule has 8 heteroatoms. The lowest BCUT2D eigenvalue weighted by atomic mass is 10.1. The minimum Gasteiger partial charge on any atom is -0.539 e. The topological polar surface area (TPSA) is 9.23 Å². The van der Waals surface area contributed by atoms with Crippen LogP contribution in [0.5, 0.6) is 5.75 Å². The number of hydrogen-bond donors (Lipinski definition) is 0. The average molecular weight is 455 g/mol. The van der Waals surface area contributed by atoms with Gasteiger partial charge in [0.25, 0.3) is 8.32 Å². The lowest BCUT2D eigenvalue weighted by Gasteiger charge is -2.39. The van der Waals surface area contributed by atoms with Crippen LogP contribution in [0.3, 0.4) is 0 Å². The van der Waals surface area contributed by atoms with Gasteiger partial charge in [-0.15, -0.1) is 0 Å². The van der Waals surface area contributed by atoms with Gasteiger partial charge in [-0.2, -0.15) is 4.39 Å². The van der Waals surface area contributed by atoms with Crippen molar-refractivity contribution in [2.45, 2.75) is 44.8 Å². The van der Waals surface area contributed by atoms with Gasteiger partial charge in [0, 0.05) is 6.04 Å². The summed E-state index contributed by atoms with van der Waals surface area (Å²) in [4.78, 5) is 0. The second-order valence-electron chi connectivity index (χ2n) is 8.12. The minimum atomic E-state index is -3.09. The summed E-state index contributed by atoms with van der Waals surface area (Å²) in [5.41, 5.74) is 0.518. The van der Waals surface area contributed by atoms with Crippen molar-refractivity contribution >= 4 is 19.1 Å². The second kappa shape index (κ2) is 8.57. The van der Waals surface area contributed by atoms with Gasteiger partial charge in [0.05, 0.1) is 16.8 Å². The number of rotatable bonds is 6. The summed E-state index contributed by atoms with van der Waals surface area (Å²) >= 11 is 0. The summed E-state index contributed by atoms with van der Waals surface area (Å²) < 4.78 is 92.5. The van der Waals surface area contributed by atoms with E-state index < -0.39 is 59.7 Å². The predicted octanol–water partition coefficient (Wildman–Crippen LogP) is 7.40. The van der Waals surface area contributed by atoms with Crippen molar-refractivity contribution in [3.05, 3.63) is 76.9 Å².